The fourth-order valence-electron chi connectivity index (χ4n) is 3.46. The van der Waals surface area contributed by atoms with Gasteiger partial charge in [0.2, 0.25) is 17.7 Å². The minimum absolute atomic E-state index is 0.0447. The number of aryl methyl sites for hydroxylation is 1. The van der Waals surface area contributed by atoms with Crippen molar-refractivity contribution >= 4 is 28.6 Å². The fourth-order valence-corrected chi connectivity index (χ4v) is 3.46. The van der Waals surface area contributed by atoms with Crippen molar-refractivity contribution in [3.05, 3.63) is 30.2 Å². The third-order valence-corrected chi connectivity index (χ3v) is 5.04. The molecule has 0 radical (unpaired) electrons. The maximum atomic E-state index is 12.5. The van der Waals surface area contributed by atoms with Gasteiger partial charge in [-0.3, -0.25) is 19.4 Å². The van der Waals surface area contributed by atoms with Crippen LogP contribution in [0.3, 0.4) is 0 Å². The number of rotatable bonds is 7. The number of nitrogens with one attached hydrogen (secondary N) is 2. The number of carbonyl (C=O) groups excluding carboxylic acids is 3. The summed E-state index contributed by atoms with van der Waals surface area (Å²) in [5.74, 6) is -0.877. The molecule has 1 fully saturated rings. The van der Waals surface area contributed by atoms with Gasteiger partial charge < -0.3 is 26.7 Å². The molecule has 9 nitrogen and oxygen atoms in total. The molecule has 3 rings (SSSR count). The molecule has 6 N–H and O–H groups in total. The molecule has 150 valence electrons. The third kappa shape index (κ3) is 5.07. The van der Waals surface area contributed by atoms with Crippen molar-refractivity contribution < 1.29 is 14.4 Å². The number of primary amides is 1. The highest BCUT2D eigenvalue weighted by atomic mass is 16.2. The van der Waals surface area contributed by atoms with Crippen LogP contribution in [0.4, 0.5) is 0 Å². The summed E-state index contributed by atoms with van der Waals surface area (Å²) in [6.07, 6.45) is 5.75. The highest BCUT2D eigenvalue weighted by Crippen LogP contribution is 2.16. The number of carbonyl (C=O) groups is 3. The molecule has 0 spiro atoms. The molecule has 28 heavy (non-hydrogen) atoms. The van der Waals surface area contributed by atoms with Crippen LogP contribution in [0.2, 0.25) is 0 Å². The molecule has 3 amide bonds. The van der Waals surface area contributed by atoms with Gasteiger partial charge in [0.05, 0.1) is 24.2 Å². The van der Waals surface area contributed by atoms with Gasteiger partial charge in [0, 0.05) is 42.8 Å². The lowest BCUT2D eigenvalue weighted by molar-refractivity contribution is -0.132. The predicted molar refractivity (Wildman–Crippen MR) is 104 cm³/mol. The van der Waals surface area contributed by atoms with Crippen LogP contribution in [0.1, 0.15) is 31.4 Å². The summed E-state index contributed by atoms with van der Waals surface area (Å²) in [5.41, 5.74) is 12.7. The molecule has 1 unspecified atom stereocenters. The Morgan fingerprint density at radius 2 is 2.07 bits per heavy atom. The number of H-pyrrole nitrogens is 1. The molecule has 0 aromatic carbocycles. The number of piperidine rings is 1. The molecule has 1 atom stereocenters. The Morgan fingerprint density at radius 3 is 2.75 bits per heavy atom. The first kappa shape index (κ1) is 19.8. The largest absolute Gasteiger partial charge is 0.370 e. The number of pyridine rings is 1. The van der Waals surface area contributed by atoms with Gasteiger partial charge in [-0.15, -0.1) is 0 Å². The van der Waals surface area contributed by atoms with Crippen molar-refractivity contribution in [2.24, 2.45) is 11.5 Å². The lowest BCUT2D eigenvalue weighted by Crippen LogP contribution is -2.51. The van der Waals surface area contributed by atoms with E-state index in [1.54, 1.807) is 12.4 Å². The maximum Gasteiger partial charge on any atom is 0.237 e. The molecule has 0 bridgehead atoms. The average Bonchev–Trinajstić information content (AvgIpc) is 3.09. The van der Waals surface area contributed by atoms with Gasteiger partial charge in [0.25, 0.3) is 0 Å². The first-order valence-electron chi connectivity index (χ1n) is 9.46. The van der Waals surface area contributed by atoms with Gasteiger partial charge in [0.1, 0.15) is 0 Å². The molecule has 1 aliphatic heterocycles. The molecule has 2 aromatic rings. The zero-order valence-electron chi connectivity index (χ0n) is 15.7. The van der Waals surface area contributed by atoms with E-state index in [0.29, 0.717) is 38.8 Å². The first-order chi connectivity index (χ1) is 13.4. The van der Waals surface area contributed by atoms with Crippen LogP contribution < -0.4 is 16.8 Å². The van der Waals surface area contributed by atoms with Gasteiger partial charge in [-0.05, 0) is 31.4 Å². The molecular weight excluding hydrogens is 360 g/mol. The Morgan fingerprint density at radius 1 is 1.32 bits per heavy atom. The number of likely N-dealkylation sites (tertiary alicyclic amines) is 1. The molecule has 1 aliphatic rings. The molecule has 0 aliphatic carbocycles. The summed E-state index contributed by atoms with van der Waals surface area (Å²) in [6, 6.07) is 3.01. The smallest absolute Gasteiger partial charge is 0.237 e. The minimum atomic E-state index is -0.927. The third-order valence-electron chi connectivity index (χ3n) is 5.04. The van der Waals surface area contributed by atoms with Crippen molar-refractivity contribution in [2.75, 3.05) is 13.1 Å². The van der Waals surface area contributed by atoms with E-state index in [0.717, 1.165) is 16.6 Å². The molecule has 0 saturated carbocycles. The Balaban J connectivity index is 1.42. The molecular formula is C19H26N6O3. The molecule has 9 heteroatoms. The van der Waals surface area contributed by atoms with Gasteiger partial charge in [-0.2, -0.15) is 0 Å². The molecule has 3 heterocycles. The van der Waals surface area contributed by atoms with Gasteiger partial charge in [-0.1, -0.05) is 0 Å². The Bertz CT molecular complexity index is 823. The van der Waals surface area contributed by atoms with Crippen LogP contribution >= 0.6 is 0 Å². The second-order valence-corrected chi connectivity index (χ2v) is 7.20. The highest BCUT2D eigenvalue weighted by molar-refractivity contribution is 5.87. The first-order valence-corrected chi connectivity index (χ1v) is 9.46. The predicted octanol–water partition coefficient (Wildman–Crippen LogP) is -0.195. The maximum absolute atomic E-state index is 12.5. The lowest BCUT2D eigenvalue weighted by Gasteiger charge is -2.33. The highest BCUT2D eigenvalue weighted by Gasteiger charge is 2.25. The number of amides is 3. The second kappa shape index (κ2) is 8.83. The number of nitrogens with zero attached hydrogens (tertiary/aromatic N) is 2. The second-order valence-electron chi connectivity index (χ2n) is 7.20. The van der Waals surface area contributed by atoms with Crippen molar-refractivity contribution in [3.8, 4) is 0 Å². The number of aromatic amines is 1. The summed E-state index contributed by atoms with van der Waals surface area (Å²) in [6.45, 7) is 1.18. The van der Waals surface area contributed by atoms with Crippen LogP contribution in [0.15, 0.2) is 24.5 Å². The number of aromatic nitrogens is 2. The van der Waals surface area contributed by atoms with Gasteiger partial charge >= 0.3 is 0 Å². The van der Waals surface area contributed by atoms with Gasteiger partial charge in [0.15, 0.2) is 0 Å². The zero-order chi connectivity index (χ0) is 20.1. The molecule has 2 aromatic heterocycles. The SMILES string of the molecule is NC(=O)CC(N)C(=O)NC1CCN(C(=O)CCc2cc3ccncc3[nH]2)CC1. The van der Waals surface area contributed by atoms with E-state index < -0.39 is 11.9 Å². The Kier molecular flexibility index (Phi) is 6.25. The standard InChI is InChI=1S/C19H26N6O3/c20-15(10-17(21)26)19(28)24-13-4-7-25(8-5-13)18(27)2-1-14-9-12-3-6-22-11-16(12)23-14/h3,6,9,11,13,15,23H,1-2,4-5,7-8,10,20H2,(H2,21,26)(H,24,28). The summed E-state index contributed by atoms with van der Waals surface area (Å²) < 4.78 is 0. The quantitative estimate of drug-likeness (QED) is 0.520. The minimum Gasteiger partial charge on any atom is -0.370 e. The van der Waals surface area contributed by atoms with E-state index in [1.165, 1.54) is 0 Å². The van der Waals surface area contributed by atoms with Crippen molar-refractivity contribution in [3.63, 3.8) is 0 Å². The van der Waals surface area contributed by atoms with Crippen LogP contribution in [-0.4, -0.2) is 57.8 Å². The van der Waals surface area contributed by atoms with Crippen LogP contribution in [0.25, 0.3) is 10.9 Å². The van der Waals surface area contributed by atoms with Crippen LogP contribution in [0, 0.1) is 0 Å². The van der Waals surface area contributed by atoms with E-state index in [1.807, 2.05) is 17.0 Å². The van der Waals surface area contributed by atoms with Crippen molar-refractivity contribution in [1.82, 2.24) is 20.2 Å². The van der Waals surface area contributed by atoms with E-state index in [4.69, 9.17) is 11.5 Å². The number of hydrogen-bond acceptors (Lipinski definition) is 5. The zero-order valence-corrected chi connectivity index (χ0v) is 15.7. The molecule has 1 saturated heterocycles. The number of nitrogens with two attached hydrogens (primary N) is 2. The van der Waals surface area contributed by atoms with Crippen LogP contribution in [-0.2, 0) is 20.8 Å². The van der Waals surface area contributed by atoms with E-state index in [2.05, 4.69) is 15.3 Å². The van der Waals surface area contributed by atoms with Crippen molar-refractivity contribution in [2.45, 2.75) is 44.2 Å². The number of hydrogen-bond donors (Lipinski definition) is 4. The van der Waals surface area contributed by atoms with E-state index in [-0.39, 0.29) is 24.3 Å². The van der Waals surface area contributed by atoms with E-state index in [9.17, 15) is 14.4 Å². The Labute approximate surface area is 162 Å². The van der Waals surface area contributed by atoms with Crippen molar-refractivity contribution in [1.29, 1.82) is 0 Å². The van der Waals surface area contributed by atoms with Crippen LogP contribution in [0.5, 0.6) is 0 Å². The normalized spacial score (nSPS) is 16.1. The summed E-state index contributed by atoms with van der Waals surface area (Å²) >= 11 is 0. The van der Waals surface area contributed by atoms with E-state index >= 15 is 0 Å². The average molecular weight is 386 g/mol. The monoisotopic (exact) mass is 386 g/mol. The summed E-state index contributed by atoms with van der Waals surface area (Å²) in [4.78, 5) is 44.5. The number of fused-ring (bicyclic) bond motifs is 1. The lowest BCUT2D eigenvalue weighted by atomic mass is 10.0. The summed E-state index contributed by atoms with van der Waals surface area (Å²) in [5, 5.41) is 3.92. The Hall–Kier alpha value is -2.94. The van der Waals surface area contributed by atoms with Gasteiger partial charge in [-0.25, -0.2) is 0 Å². The fraction of sp³-hybridized carbons (Fsp3) is 0.474. The summed E-state index contributed by atoms with van der Waals surface area (Å²) in [7, 11) is 0. The topological polar surface area (TPSA) is 147 Å².